The second-order valence-corrected chi connectivity index (χ2v) is 7.19. The van der Waals surface area contributed by atoms with Crippen molar-refractivity contribution in [1.82, 2.24) is 0 Å². The van der Waals surface area contributed by atoms with Gasteiger partial charge in [-0.15, -0.1) is 0 Å². The summed E-state index contributed by atoms with van der Waals surface area (Å²) in [6.45, 7) is 2.34. The Kier molecular flexibility index (Phi) is 7.26. The molecular formula is C14H14Cl3NO6. The Balaban J connectivity index is 3.08. The van der Waals surface area contributed by atoms with Gasteiger partial charge in [-0.2, -0.15) is 0 Å². The van der Waals surface area contributed by atoms with Gasteiger partial charge in [0.25, 0.3) is 5.69 Å². The molecule has 0 bridgehead atoms. The maximum absolute atomic E-state index is 11.3. The minimum absolute atomic E-state index is 0.127. The van der Waals surface area contributed by atoms with Crippen LogP contribution in [0.15, 0.2) is 24.3 Å². The minimum Gasteiger partial charge on any atom is -0.458 e. The fraction of sp³-hybridized carbons (Fsp3) is 0.429. The average molecular weight is 399 g/mol. The number of nitro groups is 1. The number of halogens is 3. The molecule has 0 aliphatic carbocycles. The summed E-state index contributed by atoms with van der Waals surface area (Å²) in [6, 6.07) is 5.33. The fourth-order valence-corrected chi connectivity index (χ4v) is 2.31. The van der Waals surface area contributed by atoms with Crippen LogP contribution in [0.1, 0.15) is 31.9 Å². The molecule has 24 heavy (non-hydrogen) atoms. The first-order valence-corrected chi connectivity index (χ1v) is 7.79. The van der Waals surface area contributed by atoms with Crippen molar-refractivity contribution in [2.45, 2.75) is 36.3 Å². The van der Waals surface area contributed by atoms with Crippen LogP contribution in [0, 0.1) is 10.1 Å². The third-order valence-corrected chi connectivity index (χ3v) is 3.62. The van der Waals surface area contributed by atoms with Gasteiger partial charge in [-0.3, -0.25) is 19.7 Å². The molecule has 1 aromatic carbocycles. The van der Waals surface area contributed by atoms with Crippen LogP contribution in [0.4, 0.5) is 5.69 Å². The lowest BCUT2D eigenvalue weighted by atomic mass is 10.0. The van der Waals surface area contributed by atoms with Crippen molar-refractivity contribution in [3.63, 3.8) is 0 Å². The van der Waals surface area contributed by atoms with Gasteiger partial charge in [0.05, 0.1) is 4.92 Å². The van der Waals surface area contributed by atoms with Crippen molar-refractivity contribution >= 4 is 52.4 Å². The number of ether oxygens (including phenoxy) is 2. The molecule has 1 aromatic rings. The fourth-order valence-electron chi connectivity index (χ4n) is 1.91. The van der Waals surface area contributed by atoms with E-state index < -0.39 is 32.9 Å². The van der Waals surface area contributed by atoms with E-state index in [9.17, 15) is 19.7 Å². The molecule has 0 N–H and O–H groups in total. The Labute approximate surface area is 152 Å². The molecule has 0 radical (unpaired) electrons. The molecular weight excluding hydrogens is 385 g/mol. The standard InChI is InChI=1S/C14H14Cl3NO6/c1-8(19)23-12(7-13(14(15,16)17)24-9(2)20)10-3-5-11(6-4-10)18(21)22/h3-6,12-13H,7H2,1-2H3/t12-,13-/m0/s1. The number of rotatable bonds is 6. The molecule has 0 unspecified atom stereocenters. The molecule has 0 aliphatic heterocycles. The van der Waals surface area contributed by atoms with Gasteiger partial charge in [0.1, 0.15) is 6.10 Å². The number of esters is 2. The number of nitro benzene ring substituents is 1. The molecule has 0 saturated carbocycles. The maximum atomic E-state index is 11.3. The zero-order valence-electron chi connectivity index (χ0n) is 12.7. The largest absolute Gasteiger partial charge is 0.458 e. The topological polar surface area (TPSA) is 95.7 Å². The lowest BCUT2D eigenvalue weighted by Gasteiger charge is -2.28. The minimum atomic E-state index is -1.94. The number of nitrogens with zero attached hydrogens (tertiary/aromatic N) is 1. The van der Waals surface area contributed by atoms with Crippen LogP contribution in [-0.4, -0.2) is 26.8 Å². The highest BCUT2D eigenvalue weighted by molar-refractivity contribution is 6.68. The summed E-state index contributed by atoms with van der Waals surface area (Å²) < 4.78 is 8.20. The van der Waals surface area contributed by atoms with Crippen molar-refractivity contribution in [2.24, 2.45) is 0 Å². The number of carbonyl (C=O) groups is 2. The van der Waals surface area contributed by atoms with Crippen molar-refractivity contribution in [3.05, 3.63) is 39.9 Å². The van der Waals surface area contributed by atoms with Gasteiger partial charge < -0.3 is 9.47 Å². The Morgan fingerprint density at radius 3 is 2.00 bits per heavy atom. The van der Waals surface area contributed by atoms with E-state index in [2.05, 4.69) is 0 Å². The van der Waals surface area contributed by atoms with Crippen LogP contribution >= 0.6 is 34.8 Å². The van der Waals surface area contributed by atoms with Crippen LogP contribution in [0.25, 0.3) is 0 Å². The molecule has 1 rings (SSSR count). The molecule has 7 nitrogen and oxygen atoms in total. The molecule has 0 fully saturated rings. The predicted octanol–water partition coefficient (Wildman–Crippen LogP) is 3.89. The Morgan fingerprint density at radius 1 is 1.12 bits per heavy atom. The van der Waals surface area contributed by atoms with Gasteiger partial charge in [0.2, 0.25) is 3.79 Å². The number of hydrogen-bond donors (Lipinski definition) is 0. The molecule has 0 amide bonds. The predicted molar refractivity (Wildman–Crippen MR) is 88.1 cm³/mol. The number of hydrogen-bond acceptors (Lipinski definition) is 6. The Morgan fingerprint density at radius 2 is 1.62 bits per heavy atom. The quantitative estimate of drug-likeness (QED) is 0.312. The molecule has 0 heterocycles. The average Bonchev–Trinajstić information content (AvgIpc) is 2.44. The smallest absolute Gasteiger partial charge is 0.303 e. The second-order valence-electron chi connectivity index (χ2n) is 4.82. The lowest BCUT2D eigenvalue weighted by Crippen LogP contribution is -2.33. The van der Waals surface area contributed by atoms with Gasteiger partial charge in [0.15, 0.2) is 6.10 Å². The first-order valence-electron chi connectivity index (χ1n) is 6.66. The summed E-state index contributed by atoms with van der Waals surface area (Å²) >= 11 is 17.4. The third kappa shape index (κ3) is 6.51. The highest BCUT2D eigenvalue weighted by Crippen LogP contribution is 2.38. The van der Waals surface area contributed by atoms with Crippen LogP contribution in [0.2, 0.25) is 0 Å². The summed E-state index contributed by atoms with van der Waals surface area (Å²) in [4.78, 5) is 32.6. The van der Waals surface area contributed by atoms with E-state index in [4.69, 9.17) is 44.3 Å². The van der Waals surface area contributed by atoms with Crippen LogP contribution in [0.3, 0.4) is 0 Å². The molecule has 10 heteroatoms. The van der Waals surface area contributed by atoms with E-state index in [1.54, 1.807) is 0 Å². The molecule has 0 aromatic heterocycles. The third-order valence-electron chi connectivity index (χ3n) is 2.89. The van der Waals surface area contributed by atoms with Crippen molar-refractivity contribution in [1.29, 1.82) is 0 Å². The van der Waals surface area contributed by atoms with Crippen LogP contribution in [0.5, 0.6) is 0 Å². The zero-order chi connectivity index (χ0) is 18.5. The highest BCUT2D eigenvalue weighted by atomic mass is 35.6. The summed E-state index contributed by atoms with van der Waals surface area (Å²) in [7, 11) is 0. The number of alkyl halides is 3. The van der Waals surface area contributed by atoms with Crippen molar-refractivity contribution in [2.75, 3.05) is 0 Å². The van der Waals surface area contributed by atoms with Gasteiger partial charge in [-0.25, -0.2) is 0 Å². The van der Waals surface area contributed by atoms with Gasteiger partial charge >= 0.3 is 11.9 Å². The Bertz CT molecular complexity index is 614. The number of carbonyl (C=O) groups excluding carboxylic acids is 2. The van der Waals surface area contributed by atoms with E-state index in [-0.39, 0.29) is 12.1 Å². The van der Waals surface area contributed by atoms with Gasteiger partial charge in [-0.05, 0) is 17.7 Å². The van der Waals surface area contributed by atoms with Crippen molar-refractivity contribution in [3.8, 4) is 0 Å². The summed E-state index contributed by atoms with van der Waals surface area (Å²) in [5.41, 5.74) is 0.306. The normalized spacial score (nSPS) is 13.7. The number of non-ortho nitro benzene ring substituents is 1. The first-order chi connectivity index (χ1) is 11.0. The molecule has 0 saturated heterocycles. The monoisotopic (exact) mass is 397 g/mol. The Hall–Kier alpha value is -1.57. The van der Waals surface area contributed by atoms with Gasteiger partial charge in [0, 0.05) is 32.4 Å². The van der Waals surface area contributed by atoms with Gasteiger partial charge in [-0.1, -0.05) is 34.8 Å². The SMILES string of the molecule is CC(=O)O[C@@H](C[C@H](OC(C)=O)C(Cl)(Cl)Cl)c1ccc([N+](=O)[O-])cc1. The lowest BCUT2D eigenvalue weighted by molar-refractivity contribution is -0.384. The molecule has 2 atom stereocenters. The van der Waals surface area contributed by atoms with Crippen LogP contribution < -0.4 is 0 Å². The van der Waals surface area contributed by atoms with E-state index in [0.29, 0.717) is 5.56 Å². The van der Waals surface area contributed by atoms with Crippen molar-refractivity contribution < 1.29 is 24.0 Å². The molecule has 0 aliphatic rings. The van der Waals surface area contributed by atoms with E-state index >= 15 is 0 Å². The highest BCUT2D eigenvalue weighted by Gasteiger charge is 2.38. The first kappa shape index (κ1) is 20.5. The van der Waals surface area contributed by atoms with E-state index in [0.717, 1.165) is 6.92 Å². The molecule has 0 spiro atoms. The van der Waals surface area contributed by atoms with E-state index in [1.807, 2.05) is 0 Å². The second kappa shape index (κ2) is 8.50. The van der Waals surface area contributed by atoms with Crippen LogP contribution in [-0.2, 0) is 19.1 Å². The number of benzene rings is 1. The van der Waals surface area contributed by atoms with E-state index in [1.165, 1.54) is 31.2 Å². The maximum Gasteiger partial charge on any atom is 0.303 e. The molecule has 132 valence electrons. The zero-order valence-corrected chi connectivity index (χ0v) is 15.0. The summed E-state index contributed by atoms with van der Waals surface area (Å²) in [5.74, 6) is -1.28. The summed E-state index contributed by atoms with van der Waals surface area (Å²) in [6.07, 6.45) is -2.23. The summed E-state index contributed by atoms with van der Waals surface area (Å²) in [5, 5.41) is 10.7.